The average molecular weight is 298 g/mol. The van der Waals surface area contributed by atoms with E-state index in [4.69, 9.17) is 5.14 Å². The standard InChI is InChI=1S/C14H22N2O3S/c15-20(18,19)13-6-4-12(5-7-13)16-10-14(11-17)8-2-1-3-9-14/h4-7,16-17H,1-3,8-11H2,(H2,15,18,19). The van der Waals surface area contributed by atoms with Gasteiger partial charge in [0, 0.05) is 17.6 Å². The molecule has 0 bridgehead atoms. The molecule has 0 spiro atoms. The Kier molecular flexibility index (Phi) is 4.67. The molecule has 5 nitrogen and oxygen atoms in total. The number of nitrogens with two attached hydrogens (primary N) is 1. The minimum absolute atomic E-state index is 0.0448. The second-order valence-electron chi connectivity index (χ2n) is 5.64. The van der Waals surface area contributed by atoms with Gasteiger partial charge in [-0.1, -0.05) is 19.3 Å². The molecule has 112 valence electrons. The van der Waals surface area contributed by atoms with Crippen LogP contribution in [0.5, 0.6) is 0 Å². The lowest BCUT2D eigenvalue weighted by Crippen LogP contribution is -2.35. The Morgan fingerprint density at radius 1 is 1.15 bits per heavy atom. The van der Waals surface area contributed by atoms with Crippen LogP contribution in [-0.4, -0.2) is 26.7 Å². The third-order valence-electron chi connectivity index (χ3n) is 4.10. The molecule has 20 heavy (non-hydrogen) atoms. The quantitative estimate of drug-likeness (QED) is 0.771. The zero-order valence-corrected chi connectivity index (χ0v) is 12.3. The number of aliphatic hydroxyl groups excluding tert-OH is 1. The summed E-state index contributed by atoms with van der Waals surface area (Å²) in [6, 6.07) is 6.38. The highest BCUT2D eigenvalue weighted by Crippen LogP contribution is 2.36. The topological polar surface area (TPSA) is 92.4 Å². The maximum absolute atomic E-state index is 11.2. The fourth-order valence-corrected chi connectivity index (χ4v) is 3.26. The number of sulfonamides is 1. The molecule has 0 aliphatic heterocycles. The summed E-state index contributed by atoms with van der Waals surface area (Å²) in [4.78, 5) is 0.109. The van der Waals surface area contributed by atoms with Crippen molar-refractivity contribution in [3.05, 3.63) is 24.3 Å². The van der Waals surface area contributed by atoms with Crippen molar-refractivity contribution in [3.8, 4) is 0 Å². The summed E-state index contributed by atoms with van der Waals surface area (Å²) in [6.07, 6.45) is 5.63. The molecule has 1 aliphatic carbocycles. The van der Waals surface area contributed by atoms with Gasteiger partial charge in [0.1, 0.15) is 0 Å². The van der Waals surface area contributed by atoms with Gasteiger partial charge in [-0.15, -0.1) is 0 Å². The summed E-state index contributed by atoms with van der Waals surface area (Å²) < 4.78 is 22.3. The summed E-state index contributed by atoms with van der Waals surface area (Å²) in [5, 5.41) is 18.0. The maximum Gasteiger partial charge on any atom is 0.238 e. The van der Waals surface area contributed by atoms with Gasteiger partial charge in [-0.05, 0) is 37.1 Å². The molecule has 0 atom stereocenters. The molecule has 4 N–H and O–H groups in total. The van der Waals surface area contributed by atoms with Gasteiger partial charge in [-0.2, -0.15) is 0 Å². The largest absolute Gasteiger partial charge is 0.396 e. The van der Waals surface area contributed by atoms with E-state index in [1.54, 1.807) is 12.1 Å². The van der Waals surface area contributed by atoms with Crippen LogP contribution < -0.4 is 10.5 Å². The summed E-state index contributed by atoms with van der Waals surface area (Å²) >= 11 is 0. The highest BCUT2D eigenvalue weighted by molar-refractivity contribution is 7.89. The van der Waals surface area contributed by atoms with E-state index in [1.807, 2.05) is 0 Å². The van der Waals surface area contributed by atoms with Crippen LogP contribution in [0.2, 0.25) is 0 Å². The number of nitrogens with one attached hydrogen (secondary N) is 1. The van der Waals surface area contributed by atoms with Gasteiger partial charge >= 0.3 is 0 Å². The molecule has 0 amide bonds. The van der Waals surface area contributed by atoms with Crippen LogP contribution in [0.3, 0.4) is 0 Å². The summed E-state index contributed by atoms with van der Waals surface area (Å²) in [6.45, 7) is 0.896. The Morgan fingerprint density at radius 2 is 1.75 bits per heavy atom. The lowest BCUT2D eigenvalue weighted by Gasteiger charge is -2.36. The number of rotatable bonds is 5. The van der Waals surface area contributed by atoms with Gasteiger partial charge in [-0.3, -0.25) is 0 Å². The van der Waals surface area contributed by atoms with Crippen molar-refractivity contribution in [2.75, 3.05) is 18.5 Å². The third kappa shape index (κ3) is 3.71. The first-order valence-corrected chi connectivity index (χ1v) is 8.47. The molecular weight excluding hydrogens is 276 g/mol. The summed E-state index contributed by atoms with van der Waals surface area (Å²) in [7, 11) is -3.64. The second kappa shape index (κ2) is 6.11. The molecule has 0 radical (unpaired) electrons. The fraction of sp³-hybridized carbons (Fsp3) is 0.571. The monoisotopic (exact) mass is 298 g/mol. The first-order valence-electron chi connectivity index (χ1n) is 6.93. The van der Waals surface area contributed by atoms with Gasteiger partial charge in [0.15, 0.2) is 0 Å². The Morgan fingerprint density at radius 3 is 2.25 bits per heavy atom. The van der Waals surface area contributed by atoms with Crippen LogP contribution in [0.15, 0.2) is 29.2 Å². The smallest absolute Gasteiger partial charge is 0.238 e. The van der Waals surface area contributed by atoms with Crippen LogP contribution in [-0.2, 0) is 10.0 Å². The lowest BCUT2D eigenvalue weighted by molar-refractivity contribution is 0.0944. The van der Waals surface area contributed by atoms with E-state index in [0.29, 0.717) is 6.54 Å². The number of anilines is 1. The van der Waals surface area contributed by atoms with Gasteiger partial charge < -0.3 is 10.4 Å². The Bertz CT molecular complexity index is 534. The number of primary sulfonamides is 1. The molecule has 1 fully saturated rings. The van der Waals surface area contributed by atoms with Crippen LogP contribution in [0.1, 0.15) is 32.1 Å². The van der Waals surface area contributed by atoms with Gasteiger partial charge in [0.05, 0.1) is 11.5 Å². The Labute approximate surface area is 120 Å². The number of hydrogen-bond acceptors (Lipinski definition) is 4. The Hall–Kier alpha value is -1.11. The van der Waals surface area contributed by atoms with Crippen molar-refractivity contribution < 1.29 is 13.5 Å². The SMILES string of the molecule is NS(=O)(=O)c1ccc(NCC2(CO)CCCCC2)cc1. The predicted molar refractivity (Wildman–Crippen MR) is 78.9 cm³/mol. The molecule has 1 saturated carbocycles. The van der Waals surface area contributed by atoms with Crippen LogP contribution in [0.4, 0.5) is 5.69 Å². The van der Waals surface area contributed by atoms with Crippen LogP contribution in [0.25, 0.3) is 0 Å². The molecule has 1 aromatic carbocycles. The highest BCUT2D eigenvalue weighted by Gasteiger charge is 2.31. The number of hydrogen-bond donors (Lipinski definition) is 3. The lowest BCUT2D eigenvalue weighted by atomic mass is 9.74. The van der Waals surface area contributed by atoms with E-state index in [-0.39, 0.29) is 16.9 Å². The first kappa shape index (κ1) is 15.3. The molecule has 0 heterocycles. The van der Waals surface area contributed by atoms with Gasteiger partial charge in [0.25, 0.3) is 0 Å². The van der Waals surface area contributed by atoms with Crippen molar-refractivity contribution in [1.82, 2.24) is 0 Å². The van der Waals surface area contributed by atoms with Crippen molar-refractivity contribution in [2.24, 2.45) is 10.6 Å². The van der Waals surface area contributed by atoms with E-state index in [2.05, 4.69) is 5.32 Å². The number of aliphatic hydroxyl groups is 1. The van der Waals surface area contributed by atoms with E-state index in [0.717, 1.165) is 31.4 Å². The van der Waals surface area contributed by atoms with Crippen LogP contribution >= 0.6 is 0 Å². The zero-order chi connectivity index (χ0) is 14.6. The van der Waals surface area contributed by atoms with E-state index in [9.17, 15) is 13.5 Å². The normalized spacial score (nSPS) is 18.7. The third-order valence-corrected chi connectivity index (χ3v) is 5.03. The molecule has 1 aromatic rings. The van der Waals surface area contributed by atoms with Crippen molar-refractivity contribution >= 4 is 15.7 Å². The molecule has 0 unspecified atom stereocenters. The second-order valence-corrected chi connectivity index (χ2v) is 7.20. The average Bonchev–Trinajstić information content (AvgIpc) is 2.46. The minimum atomic E-state index is -3.64. The molecule has 2 rings (SSSR count). The molecule has 0 aromatic heterocycles. The highest BCUT2D eigenvalue weighted by atomic mass is 32.2. The molecular formula is C14H22N2O3S. The molecule has 6 heteroatoms. The van der Waals surface area contributed by atoms with Gasteiger partial charge in [-0.25, -0.2) is 13.6 Å². The van der Waals surface area contributed by atoms with Crippen LogP contribution in [0, 0.1) is 5.41 Å². The van der Waals surface area contributed by atoms with Gasteiger partial charge in [0.2, 0.25) is 10.0 Å². The summed E-state index contributed by atoms with van der Waals surface area (Å²) in [5.41, 5.74) is 0.799. The van der Waals surface area contributed by atoms with E-state index < -0.39 is 10.0 Å². The molecule has 0 saturated heterocycles. The zero-order valence-electron chi connectivity index (χ0n) is 11.5. The van der Waals surface area contributed by atoms with E-state index >= 15 is 0 Å². The minimum Gasteiger partial charge on any atom is -0.396 e. The van der Waals surface area contributed by atoms with Crippen molar-refractivity contribution in [1.29, 1.82) is 0 Å². The first-order chi connectivity index (χ1) is 9.45. The van der Waals surface area contributed by atoms with Crippen molar-refractivity contribution in [3.63, 3.8) is 0 Å². The maximum atomic E-state index is 11.2. The van der Waals surface area contributed by atoms with E-state index in [1.165, 1.54) is 18.6 Å². The molecule has 1 aliphatic rings. The van der Waals surface area contributed by atoms with Crippen molar-refractivity contribution in [2.45, 2.75) is 37.0 Å². The fourth-order valence-electron chi connectivity index (χ4n) is 2.74. The predicted octanol–water partition coefficient (Wildman–Crippen LogP) is 1.69. The Balaban J connectivity index is 2.00. The number of benzene rings is 1. The summed E-state index contributed by atoms with van der Waals surface area (Å²) in [5.74, 6) is 0.